The fourth-order valence-electron chi connectivity index (χ4n) is 4.13. The van der Waals surface area contributed by atoms with Crippen LogP contribution >= 0.6 is 0 Å². The zero-order chi connectivity index (χ0) is 15.4. The van der Waals surface area contributed by atoms with Crippen molar-refractivity contribution < 1.29 is 35.7 Å². The fourth-order valence-corrected chi connectivity index (χ4v) is 4.42. The van der Waals surface area contributed by atoms with Gasteiger partial charge in [0.05, 0.1) is 0 Å². The van der Waals surface area contributed by atoms with Gasteiger partial charge in [-0.15, -0.1) is 0 Å². The highest BCUT2D eigenvalue weighted by atomic mass is 32.2. The van der Waals surface area contributed by atoms with Crippen LogP contribution in [0, 0.1) is 17.8 Å². The monoisotopic (exact) mass is 359 g/mol. The Bertz CT molecular complexity index is 572. The summed E-state index contributed by atoms with van der Waals surface area (Å²) in [5.41, 5.74) is -0.945. The minimum atomic E-state index is -5.27. The maximum Gasteiger partial charge on any atom is 0.524 e. The Morgan fingerprint density at radius 3 is 2.23 bits per heavy atom. The molecule has 10 heteroatoms. The number of carbonyl (C=O) groups is 2. The molecule has 0 aromatic rings. The second-order valence-electron chi connectivity index (χ2n) is 6.12. The van der Waals surface area contributed by atoms with Gasteiger partial charge in [0, 0.05) is 11.8 Å². The van der Waals surface area contributed by atoms with Crippen molar-refractivity contribution in [2.75, 3.05) is 0 Å². The summed E-state index contributed by atoms with van der Waals surface area (Å²) in [6, 6.07) is 0. The fraction of sp³-hybridized carbons (Fsp3) is 0.833. The first-order valence-corrected chi connectivity index (χ1v) is 8.16. The van der Waals surface area contributed by atoms with Crippen LogP contribution in [0.1, 0.15) is 32.1 Å². The third-order valence-electron chi connectivity index (χ3n) is 4.64. The predicted molar refractivity (Wildman–Crippen MR) is 75.3 cm³/mol. The molecule has 4 fully saturated rings. The van der Waals surface area contributed by atoms with Crippen molar-refractivity contribution in [1.29, 1.82) is 0 Å². The van der Waals surface area contributed by atoms with E-state index in [0.717, 1.165) is 12.8 Å². The molecular weight excluding hydrogens is 342 g/mol. The third kappa shape index (κ3) is 2.94. The van der Waals surface area contributed by atoms with Crippen LogP contribution in [0.3, 0.4) is 0 Å². The van der Waals surface area contributed by atoms with E-state index in [1.807, 2.05) is 0 Å². The van der Waals surface area contributed by atoms with E-state index in [4.69, 9.17) is 4.74 Å². The molecule has 4 aliphatic carbocycles. The lowest BCUT2D eigenvalue weighted by molar-refractivity contribution is -0.164. The lowest BCUT2D eigenvalue weighted by Crippen LogP contribution is -2.57. The lowest BCUT2D eigenvalue weighted by atomic mass is 9.53. The molecule has 4 aliphatic rings. The summed E-state index contributed by atoms with van der Waals surface area (Å²) >= 11 is 0. The summed E-state index contributed by atoms with van der Waals surface area (Å²) in [4.78, 5) is 23.4. The molecule has 4 bridgehead atoms. The Morgan fingerprint density at radius 2 is 1.73 bits per heavy atom. The molecule has 6 nitrogen and oxygen atoms in total. The molecule has 0 saturated heterocycles. The molecule has 22 heavy (non-hydrogen) atoms. The second-order valence-corrected chi connectivity index (χ2v) is 7.63. The van der Waals surface area contributed by atoms with E-state index in [0.29, 0.717) is 19.3 Å². The molecule has 0 N–H and O–H groups in total. The predicted octanol–water partition coefficient (Wildman–Crippen LogP) is 1.03. The standard InChI is InChI=1S/C12H14F2O6S.H2S/c13-10(14)21(17,18)20-11(16)19-12-3-6-1-7(4-12)9(15)8(2-6)5-12;/h6-8,10H,1-5H2;1H2/p+1. The summed E-state index contributed by atoms with van der Waals surface area (Å²) in [6.07, 6.45) is 1.04. The van der Waals surface area contributed by atoms with Crippen LogP contribution < -0.4 is 0 Å². The van der Waals surface area contributed by atoms with Crippen LogP contribution in [0.15, 0.2) is 0 Å². The summed E-state index contributed by atoms with van der Waals surface area (Å²) in [7, 11) is -5.27. The first-order valence-electron chi connectivity index (χ1n) is 6.69. The molecule has 2 atom stereocenters. The van der Waals surface area contributed by atoms with Gasteiger partial charge in [0.2, 0.25) is 0 Å². The van der Waals surface area contributed by atoms with E-state index in [2.05, 4.69) is 4.18 Å². The van der Waals surface area contributed by atoms with Crippen LogP contribution in [-0.4, -0.2) is 31.7 Å². The van der Waals surface area contributed by atoms with Crippen LogP contribution in [0.25, 0.3) is 0 Å². The molecule has 126 valence electrons. The van der Waals surface area contributed by atoms with Gasteiger partial charge in [0.25, 0.3) is 0 Å². The number of ether oxygens (including phenoxy) is 1. The summed E-state index contributed by atoms with van der Waals surface area (Å²) in [6.45, 7) is 0. The maximum atomic E-state index is 12.2. The third-order valence-corrected chi connectivity index (χ3v) is 5.45. The number of rotatable bonds is 3. The first-order chi connectivity index (χ1) is 9.71. The molecule has 4 rings (SSSR count). The Kier molecular flexibility index (Phi) is 4.46. The maximum absolute atomic E-state index is 12.2. The molecule has 0 aromatic heterocycles. The summed E-state index contributed by atoms with van der Waals surface area (Å²) in [5.74, 6) is -3.76. The molecule has 4 saturated carbocycles. The zero-order valence-electron chi connectivity index (χ0n) is 11.5. The minimum Gasteiger partial charge on any atom is -0.427 e. The highest BCUT2D eigenvalue weighted by Crippen LogP contribution is 2.55. The zero-order valence-corrected chi connectivity index (χ0v) is 13.5. The van der Waals surface area contributed by atoms with E-state index in [-0.39, 0.29) is 37.0 Å². The molecule has 2 unspecified atom stereocenters. The number of Topliss-reactive ketones (excluding diaryl/α,β-unsaturated/α-hetero) is 1. The van der Waals surface area contributed by atoms with E-state index >= 15 is 0 Å². The topological polar surface area (TPSA) is 86.7 Å². The van der Waals surface area contributed by atoms with Gasteiger partial charge in [0.15, 0.2) is 0 Å². The van der Waals surface area contributed by atoms with Crippen LogP contribution in [-0.2, 0) is 37.3 Å². The Labute approximate surface area is 133 Å². The molecule has 0 heterocycles. The number of carbonyl (C=O) groups excluding carboxylic acids is 2. The second kappa shape index (κ2) is 5.63. The molecule has 0 radical (unpaired) electrons. The van der Waals surface area contributed by atoms with Crippen LogP contribution in [0.5, 0.6) is 0 Å². The highest BCUT2D eigenvalue weighted by molar-refractivity contribution is 7.87. The number of alkyl halides is 2. The van der Waals surface area contributed by atoms with Gasteiger partial charge in [0.1, 0.15) is 11.4 Å². The van der Waals surface area contributed by atoms with Crippen molar-refractivity contribution in [3.05, 3.63) is 0 Å². The van der Waals surface area contributed by atoms with Gasteiger partial charge >= 0.3 is 22.0 Å². The number of halogens is 2. The SMILES string of the molecule is O=C(OC12CC3CC(C1)C(=O)C(C3)C2)OS(=O)(=O)C(F)F.[SH3+]. The number of hydrogen-bond donors (Lipinski definition) is 0. The van der Waals surface area contributed by atoms with Crippen molar-refractivity contribution in [3.63, 3.8) is 0 Å². The first kappa shape index (κ1) is 17.5. The molecule has 0 aromatic carbocycles. The van der Waals surface area contributed by atoms with E-state index < -0.39 is 27.6 Å². The van der Waals surface area contributed by atoms with Gasteiger partial charge in [-0.3, -0.25) is 4.79 Å². The van der Waals surface area contributed by atoms with E-state index in [1.54, 1.807) is 0 Å². The van der Waals surface area contributed by atoms with Gasteiger partial charge < -0.3 is 8.92 Å². The van der Waals surface area contributed by atoms with Gasteiger partial charge in [-0.05, 0) is 38.0 Å². The van der Waals surface area contributed by atoms with Crippen molar-refractivity contribution >= 4 is 35.6 Å². The lowest BCUT2D eigenvalue weighted by Gasteiger charge is -2.54. The molecular formula is C12H17F2O6S2+. The number of hydrogen-bond acceptors (Lipinski definition) is 6. The Hall–Kier alpha value is -0.900. The van der Waals surface area contributed by atoms with E-state index in [1.165, 1.54) is 0 Å². The normalized spacial score (nSPS) is 36.1. The number of ketones is 1. The average molecular weight is 359 g/mol. The van der Waals surface area contributed by atoms with Gasteiger partial charge in [-0.1, -0.05) is 13.5 Å². The van der Waals surface area contributed by atoms with Crippen molar-refractivity contribution in [2.24, 2.45) is 17.8 Å². The van der Waals surface area contributed by atoms with Crippen LogP contribution in [0.4, 0.5) is 13.6 Å². The van der Waals surface area contributed by atoms with Crippen molar-refractivity contribution in [1.82, 2.24) is 0 Å². The van der Waals surface area contributed by atoms with Crippen molar-refractivity contribution in [3.8, 4) is 0 Å². The average Bonchev–Trinajstić information content (AvgIpc) is 2.33. The van der Waals surface area contributed by atoms with Crippen molar-refractivity contribution in [2.45, 2.75) is 43.5 Å². The van der Waals surface area contributed by atoms with Gasteiger partial charge in [-0.2, -0.15) is 17.2 Å². The largest absolute Gasteiger partial charge is 0.524 e. The summed E-state index contributed by atoms with van der Waals surface area (Å²) < 4.78 is 54.8. The molecule has 0 spiro atoms. The Morgan fingerprint density at radius 1 is 1.18 bits per heavy atom. The molecule has 0 aliphatic heterocycles. The smallest absolute Gasteiger partial charge is 0.427 e. The van der Waals surface area contributed by atoms with Gasteiger partial charge in [-0.25, -0.2) is 4.79 Å². The summed E-state index contributed by atoms with van der Waals surface area (Å²) in [5, 5.41) is 0. The van der Waals surface area contributed by atoms with E-state index in [9.17, 15) is 26.8 Å². The highest BCUT2D eigenvalue weighted by Gasteiger charge is 2.57. The molecule has 0 amide bonds. The van der Waals surface area contributed by atoms with Crippen LogP contribution in [0.2, 0.25) is 0 Å². The minimum absolute atomic E-state index is 0. The quantitative estimate of drug-likeness (QED) is 0.425. The Balaban J connectivity index is 0.00000176.